The molecule has 1 aromatic carbocycles. The van der Waals surface area contributed by atoms with Crippen molar-refractivity contribution in [3.05, 3.63) is 40.4 Å². The Bertz CT molecular complexity index is 729. The molecule has 7 heteroatoms. The van der Waals surface area contributed by atoms with Crippen LogP contribution in [-0.2, 0) is 4.79 Å². The number of nitrogens with zero attached hydrogens (tertiary/aromatic N) is 2. The number of hydrogen-bond donors (Lipinski definition) is 1. The van der Waals surface area contributed by atoms with Gasteiger partial charge in [-0.3, -0.25) is 9.59 Å². The Balaban J connectivity index is 1.75. The minimum Gasteiger partial charge on any atom is -0.481 e. The minimum absolute atomic E-state index is 0.201. The number of carboxylic acids is 1. The van der Waals surface area contributed by atoms with Crippen molar-refractivity contribution in [1.29, 1.82) is 0 Å². The number of halogens is 1. The maximum absolute atomic E-state index is 12.5. The first kappa shape index (κ1) is 16.0. The summed E-state index contributed by atoms with van der Waals surface area (Å²) in [5, 5.41) is 12.2. The molecule has 1 aromatic heterocycles. The quantitative estimate of drug-likeness (QED) is 0.921. The summed E-state index contributed by atoms with van der Waals surface area (Å²) in [4.78, 5) is 29.6. The van der Waals surface area contributed by atoms with Crippen LogP contribution in [0.5, 0.6) is 0 Å². The van der Waals surface area contributed by atoms with Gasteiger partial charge in [0, 0.05) is 29.1 Å². The van der Waals surface area contributed by atoms with Crippen LogP contribution in [0.3, 0.4) is 0 Å². The van der Waals surface area contributed by atoms with Crippen LogP contribution in [0.4, 0.5) is 0 Å². The van der Waals surface area contributed by atoms with Crippen molar-refractivity contribution in [2.45, 2.75) is 12.8 Å². The van der Waals surface area contributed by atoms with Gasteiger partial charge >= 0.3 is 5.97 Å². The molecule has 1 fully saturated rings. The van der Waals surface area contributed by atoms with Gasteiger partial charge in [0.25, 0.3) is 5.91 Å². The van der Waals surface area contributed by atoms with Gasteiger partial charge in [-0.05, 0) is 25.0 Å². The second-order valence-electron chi connectivity index (χ2n) is 5.47. The van der Waals surface area contributed by atoms with E-state index < -0.39 is 11.9 Å². The number of amides is 1. The highest BCUT2D eigenvalue weighted by Gasteiger charge is 2.29. The number of aliphatic carboxylic acids is 1. The molecule has 1 saturated heterocycles. The van der Waals surface area contributed by atoms with Crippen LogP contribution in [0.2, 0.25) is 5.02 Å². The summed E-state index contributed by atoms with van der Waals surface area (Å²) in [6.45, 7) is 0.832. The fourth-order valence-electron chi connectivity index (χ4n) is 2.62. The molecule has 0 unspecified atom stereocenters. The Labute approximate surface area is 142 Å². The number of hydrogen-bond acceptors (Lipinski definition) is 4. The van der Waals surface area contributed by atoms with Crippen molar-refractivity contribution in [2.75, 3.05) is 13.1 Å². The molecule has 1 N–H and O–H groups in total. The van der Waals surface area contributed by atoms with E-state index in [1.807, 2.05) is 12.1 Å². The zero-order chi connectivity index (χ0) is 16.4. The van der Waals surface area contributed by atoms with E-state index in [-0.39, 0.29) is 12.5 Å². The molecule has 2 heterocycles. The molecule has 0 saturated carbocycles. The van der Waals surface area contributed by atoms with Crippen LogP contribution in [-0.4, -0.2) is 40.0 Å². The molecule has 3 rings (SSSR count). The molecule has 1 aliphatic rings. The first-order valence-electron chi connectivity index (χ1n) is 7.28. The van der Waals surface area contributed by atoms with E-state index in [2.05, 4.69) is 4.98 Å². The Morgan fingerprint density at radius 1 is 1.30 bits per heavy atom. The standard InChI is InChI=1S/C16H15ClN2O3S/c17-12-5-3-10(4-6-12)14-18-13(9-23-14)15(20)19-7-1-2-11(8-19)16(21)22/h3-6,9,11H,1-2,7-8H2,(H,21,22)/t11-/m0/s1. The second-order valence-corrected chi connectivity index (χ2v) is 6.77. The van der Waals surface area contributed by atoms with Crippen LogP contribution in [0.1, 0.15) is 23.3 Å². The molecule has 23 heavy (non-hydrogen) atoms. The van der Waals surface area contributed by atoms with Crippen LogP contribution in [0, 0.1) is 5.92 Å². The lowest BCUT2D eigenvalue weighted by Crippen LogP contribution is -2.42. The molecular formula is C16H15ClN2O3S. The van der Waals surface area contributed by atoms with Crippen molar-refractivity contribution in [2.24, 2.45) is 5.92 Å². The molecular weight excluding hydrogens is 336 g/mol. The number of rotatable bonds is 3. The molecule has 1 amide bonds. The monoisotopic (exact) mass is 350 g/mol. The van der Waals surface area contributed by atoms with E-state index >= 15 is 0 Å². The van der Waals surface area contributed by atoms with Crippen molar-refractivity contribution >= 4 is 34.8 Å². The third kappa shape index (κ3) is 3.54. The zero-order valence-electron chi connectivity index (χ0n) is 12.2. The SMILES string of the molecule is O=C(O)[C@H]1CCCN(C(=O)c2csc(-c3ccc(Cl)cc3)n2)C1. The van der Waals surface area contributed by atoms with Crippen LogP contribution in [0.15, 0.2) is 29.6 Å². The van der Waals surface area contributed by atoms with Gasteiger partial charge in [-0.25, -0.2) is 4.98 Å². The molecule has 0 spiro atoms. The Morgan fingerprint density at radius 2 is 2.04 bits per heavy atom. The Hall–Kier alpha value is -1.92. The minimum atomic E-state index is -0.845. The van der Waals surface area contributed by atoms with E-state index in [0.717, 1.165) is 10.6 Å². The number of thiazole rings is 1. The average Bonchev–Trinajstić information content (AvgIpc) is 3.05. The summed E-state index contributed by atoms with van der Waals surface area (Å²) in [6, 6.07) is 7.28. The fraction of sp³-hybridized carbons (Fsp3) is 0.312. The fourth-order valence-corrected chi connectivity index (χ4v) is 3.55. The molecule has 2 aromatic rings. The molecule has 120 valence electrons. The summed E-state index contributed by atoms with van der Waals surface area (Å²) in [6.07, 6.45) is 1.32. The number of aromatic nitrogens is 1. The summed E-state index contributed by atoms with van der Waals surface area (Å²) < 4.78 is 0. The molecule has 1 atom stereocenters. The van der Waals surface area contributed by atoms with Gasteiger partial charge in [-0.15, -0.1) is 11.3 Å². The topological polar surface area (TPSA) is 70.5 Å². The highest BCUT2D eigenvalue weighted by molar-refractivity contribution is 7.13. The molecule has 0 aliphatic carbocycles. The Morgan fingerprint density at radius 3 is 2.74 bits per heavy atom. The number of piperidine rings is 1. The van der Waals surface area contributed by atoms with Crippen molar-refractivity contribution in [3.8, 4) is 10.6 Å². The lowest BCUT2D eigenvalue weighted by molar-refractivity contribution is -0.143. The van der Waals surface area contributed by atoms with Gasteiger partial charge in [-0.1, -0.05) is 23.7 Å². The van der Waals surface area contributed by atoms with Gasteiger partial charge in [0.2, 0.25) is 0 Å². The smallest absolute Gasteiger partial charge is 0.308 e. The normalized spacial score (nSPS) is 18.0. The van der Waals surface area contributed by atoms with Crippen LogP contribution < -0.4 is 0 Å². The number of carboxylic acid groups (broad SMARTS) is 1. The molecule has 0 bridgehead atoms. The highest BCUT2D eigenvalue weighted by atomic mass is 35.5. The second kappa shape index (κ2) is 6.68. The average molecular weight is 351 g/mol. The predicted octanol–water partition coefficient (Wildman–Crippen LogP) is 3.40. The molecule has 1 aliphatic heterocycles. The number of carbonyl (C=O) groups excluding carboxylic acids is 1. The summed E-state index contributed by atoms with van der Waals surface area (Å²) in [5.41, 5.74) is 1.27. The van der Waals surface area contributed by atoms with E-state index in [4.69, 9.17) is 16.7 Å². The van der Waals surface area contributed by atoms with Crippen LogP contribution in [0.25, 0.3) is 10.6 Å². The number of carbonyl (C=O) groups is 2. The molecule has 0 radical (unpaired) electrons. The lowest BCUT2D eigenvalue weighted by atomic mass is 9.98. The maximum atomic E-state index is 12.5. The van der Waals surface area contributed by atoms with Gasteiger partial charge in [0.05, 0.1) is 5.92 Å². The predicted molar refractivity (Wildman–Crippen MR) is 88.8 cm³/mol. The lowest BCUT2D eigenvalue weighted by Gasteiger charge is -2.30. The van der Waals surface area contributed by atoms with Crippen molar-refractivity contribution in [1.82, 2.24) is 9.88 Å². The van der Waals surface area contributed by atoms with Gasteiger partial charge in [0.15, 0.2) is 0 Å². The van der Waals surface area contributed by atoms with E-state index in [1.165, 1.54) is 11.3 Å². The van der Waals surface area contributed by atoms with E-state index in [0.29, 0.717) is 30.1 Å². The van der Waals surface area contributed by atoms with E-state index in [1.54, 1.807) is 22.4 Å². The first-order chi connectivity index (χ1) is 11.0. The molecule has 5 nitrogen and oxygen atoms in total. The first-order valence-corrected chi connectivity index (χ1v) is 8.54. The number of likely N-dealkylation sites (tertiary alicyclic amines) is 1. The van der Waals surface area contributed by atoms with Gasteiger partial charge in [0.1, 0.15) is 10.7 Å². The van der Waals surface area contributed by atoms with E-state index in [9.17, 15) is 9.59 Å². The van der Waals surface area contributed by atoms with Crippen molar-refractivity contribution in [3.63, 3.8) is 0 Å². The third-order valence-electron chi connectivity index (χ3n) is 3.87. The summed E-state index contributed by atoms with van der Waals surface area (Å²) in [5.74, 6) is -1.53. The van der Waals surface area contributed by atoms with Crippen LogP contribution >= 0.6 is 22.9 Å². The zero-order valence-corrected chi connectivity index (χ0v) is 13.8. The summed E-state index contributed by atoms with van der Waals surface area (Å²) in [7, 11) is 0. The number of benzene rings is 1. The Kier molecular flexibility index (Phi) is 4.63. The maximum Gasteiger partial charge on any atom is 0.308 e. The van der Waals surface area contributed by atoms with Crippen molar-refractivity contribution < 1.29 is 14.7 Å². The van der Waals surface area contributed by atoms with Gasteiger partial charge < -0.3 is 10.0 Å². The summed E-state index contributed by atoms with van der Waals surface area (Å²) >= 11 is 7.26. The largest absolute Gasteiger partial charge is 0.481 e. The third-order valence-corrected chi connectivity index (χ3v) is 5.02. The highest BCUT2D eigenvalue weighted by Crippen LogP contribution is 2.26. The van der Waals surface area contributed by atoms with Gasteiger partial charge in [-0.2, -0.15) is 0 Å².